The van der Waals surface area contributed by atoms with Crippen LogP contribution in [-0.2, 0) is 4.74 Å². The molecule has 0 bridgehead atoms. The summed E-state index contributed by atoms with van der Waals surface area (Å²) < 4.78 is 5.34. The number of hydrogen-bond acceptors (Lipinski definition) is 5. The van der Waals surface area contributed by atoms with Gasteiger partial charge in [0.05, 0.1) is 6.61 Å². The van der Waals surface area contributed by atoms with Crippen molar-refractivity contribution < 1.29 is 20.1 Å². The molecule has 3 N–H and O–H groups in total. The summed E-state index contributed by atoms with van der Waals surface area (Å²) in [6.45, 7) is -0.278. The van der Waals surface area contributed by atoms with E-state index in [0.29, 0.717) is 0 Å². The van der Waals surface area contributed by atoms with E-state index in [2.05, 4.69) is 0 Å². The van der Waals surface area contributed by atoms with Crippen molar-refractivity contribution in [2.24, 2.45) is 0 Å². The van der Waals surface area contributed by atoms with Crippen LogP contribution >= 0.6 is 11.3 Å². The summed E-state index contributed by atoms with van der Waals surface area (Å²) in [6.07, 6.45) is -3.16. The van der Waals surface area contributed by atoms with E-state index >= 15 is 0 Å². The maximum absolute atomic E-state index is 9.65. The van der Waals surface area contributed by atoms with Crippen molar-refractivity contribution in [2.75, 3.05) is 6.61 Å². The number of ether oxygens (including phenoxy) is 1. The summed E-state index contributed by atoms with van der Waals surface area (Å²) in [5.41, 5.74) is 0. The molecule has 1 aromatic rings. The van der Waals surface area contributed by atoms with E-state index in [1.165, 1.54) is 11.3 Å². The summed E-state index contributed by atoms with van der Waals surface area (Å²) in [5.74, 6) is 0. The molecule has 1 aliphatic heterocycles. The van der Waals surface area contributed by atoms with Crippen LogP contribution in [0.3, 0.4) is 0 Å². The minimum Gasteiger partial charge on any atom is -0.394 e. The zero-order valence-corrected chi connectivity index (χ0v) is 8.22. The van der Waals surface area contributed by atoms with Gasteiger partial charge in [0, 0.05) is 4.88 Å². The Balaban J connectivity index is 2.16. The zero-order valence-electron chi connectivity index (χ0n) is 7.41. The molecule has 2 heterocycles. The van der Waals surface area contributed by atoms with Gasteiger partial charge in [-0.3, -0.25) is 0 Å². The fourth-order valence-electron chi connectivity index (χ4n) is 1.59. The van der Waals surface area contributed by atoms with Crippen LogP contribution in [0.4, 0.5) is 0 Å². The van der Waals surface area contributed by atoms with Gasteiger partial charge >= 0.3 is 0 Å². The van der Waals surface area contributed by atoms with Gasteiger partial charge in [-0.05, 0) is 11.4 Å². The van der Waals surface area contributed by atoms with E-state index in [4.69, 9.17) is 9.84 Å². The molecule has 0 spiro atoms. The van der Waals surface area contributed by atoms with E-state index in [1.54, 1.807) is 0 Å². The third kappa shape index (κ3) is 1.57. The lowest BCUT2D eigenvalue weighted by molar-refractivity contribution is -0.0217. The van der Waals surface area contributed by atoms with Crippen molar-refractivity contribution in [3.63, 3.8) is 0 Å². The van der Waals surface area contributed by atoms with Crippen molar-refractivity contribution in [3.8, 4) is 0 Å². The fourth-order valence-corrected chi connectivity index (χ4v) is 2.39. The lowest BCUT2D eigenvalue weighted by Crippen LogP contribution is -2.32. The Labute approximate surface area is 85.4 Å². The molecule has 2 rings (SSSR count). The Morgan fingerprint density at radius 3 is 2.64 bits per heavy atom. The molecule has 4 atom stereocenters. The highest BCUT2D eigenvalue weighted by atomic mass is 32.1. The van der Waals surface area contributed by atoms with Crippen LogP contribution in [0.5, 0.6) is 0 Å². The number of aliphatic hydroxyl groups excluding tert-OH is 3. The molecule has 0 amide bonds. The second-order valence-corrected chi connectivity index (χ2v) is 4.25. The van der Waals surface area contributed by atoms with Crippen molar-refractivity contribution >= 4 is 11.3 Å². The number of hydrogen-bond donors (Lipinski definition) is 3. The molecule has 0 radical (unpaired) electrons. The molecule has 1 fully saturated rings. The molecule has 0 saturated carbocycles. The standard InChI is InChI=1S/C9H12O4S/c10-4-5-7(11)8(12)9(13-5)6-2-1-3-14-6/h1-3,5,7-12H,4H2/t5-,7-,8-,9+/m1/s1. The minimum absolute atomic E-state index is 0.278. The van der Waals surface area contributed by atoms with Gasteiger partial charge < -0.3 is 20.1 Å². The molecule has 0 aromatic carbocycles. The molecular formula is C9H12O4S. The van der Waals surface area contributed by atoms with Crippen molar-refractivity contribution in [1.82, 2.24) is 0 Å². The van der Waals surface area contributed by atoms with Gasteiger partial charge in [-0.2, -0.15) is 0 Å². The fraction of sp³-hybridized carbons (Fsp3) is 0.556. The zero-order chi connectivity index (χ0) is 10.1. The molecule has 78 valence electrons. The van der Waals surface area contributed by atoms with E-state index in [1.807, 2.05) is 17.5 Å². The van der Waals surface area contributed by atoms with Gasteiger partial charge in [0.15, 0.2) is 0 Å². The van der Waals surface area contributed by atoms with Gasteiger partial charge in [0.1, 0.15) is 24.4 Å². The first-order valence-corrected chi connectivity index (χ1v) is 5.28. The van der Waals surface area contributed by atoms with Crippen molar-refractivity contribution in [3.05, 3.63) is 22.4 Å². The highest BCUT2D eigenvalue weighted by molar-refractivity contribution is 7.10. The molecule has 5 heteroatoms. The first kappa shape index (κ1) is 10.1. The molecule has 1 aliphatic rings. The van der Waals surface area contributed by atoms with Gasteiger partial charge in [0.2, 0.25) is 0 Å². The van der Waals surface area contributed by atoms with Crippen molar-refractivity contribution in [1.29, 1.82) is 0 Å². The predicted octanol–water partition coefficient (Wildman–Crippen LogP) is -0.0979. The first-order chi connectivity index (χ1) is 6.74. The molecule has 0 aliphatic carbocycles. The lowest BCUT2D eigenvalue weighted by atomic mass is 10.1. The van der Waals surface area contributed by atoms with E-state index < -0.39 is 24.4 Å². The average Bonchev–Trinajstić information content (AvgIpc) is 2.78. The third-order valence-corrected chi connectivity index (χ3v) is 3.30. The van der Waals surface area contributed by atoms with Crippen LogP contribution in [0.1, 0.15) is 11.0 Å². The van der Waals surface area contributed by atoms with Crippen LogP contribution in [0, 0.1) is 0 Å². The Morgan fingerprint density at radius 2 is 2.14 bits per heavy atom. The summed E-state index contributed by atoms with van der Waals surface area (Å²) in [6, 6.07) is 3.69. The molecular weight excluding hydrogens is 204 g/mol. The highest BCUT2D eigenvalue weighted by Crippen LogP contribution is 2.35. The number of aliphatic hydroxyl groups is 3. The quantitative estimate of drug-likeness (QED) is 0.646. The van der Waals surface area contributed by atoms with E-state index in [9.17, 15) is 10.2 Å². The van der Waals surface area contributed by atoms with Gasteiger partial charge in [-0.25, -0.2) is 0 Å². The molecule has 1 aromatic heterocycles. The van der Waals surface area contributed by atoms with Gasteiger partial charge in [0.25, 0.3) is 0 Å². The Kier molecular flexibility index (Phi) is 2.85. The molecule has 1 saturated heterocycles. The van der Waals surface area contributed by atoms with Crippen LogP contribution in [0.15, 0.2) is 17.5 Å². The first-order valence-electron chi connectivity index (χ1n) is 4.40. The van der Waals surface area contributed by atoms with E-state index in [-0.39, 0.29) is 6.61 Å². The number of thiophene rings is 1. The highest BCUT2D eigenvalue weighted by Gasteiger charge is 2.43. The predicted molar refractivity (Wildman–Crippen MR) is 51.0 cm³/mol. The van der Waals surface area contributed by atoms with Crippen molar-refractivity contribution in [2.45, 2.75) is 24.4 Å². The largest absolute Gasteiger partial charge is 0.394 e. The Bertz CT molecular complexity index is 287. The average molecular weight is 216 g/mol. The summed E-state index contributed by atoms with van der Waals surface area (Å²) in [4.78, 5) is 0.868. The number of rotatable bonds is 2. The monoisotopic (exact) mass is 216 g/mol. The second kappa shape index (κ2) is 3.96. The van der Waals surface area contributed by atoms with Crippen LogP contribution < -0.4 is 0 Å². The lowest BCUT2D eigenvalue weighted by Gasteiger charge is -2.12. The minimum atomic E-state index is -1.01. The third-order valence-electron chi connectivity index (χ3n) is 2.37. The molecule has 0 unspecified atom stereocenters. The van der Waals surface area contributed by atoms with Crippen LogP contribution in [-0.4, -0.2) is 40.2 Å². The Morgan fingerprint density at radius 1 is 1.36 bits per heavy atom. The summed E-state index contributed by atoms with van der Waals surface area (Å²) in [7, 11) is 0. The van der Waals surface area contributed by atoms with E-state index in [0.717, 1.165) is 4.88 Å². The summed E-state index contributed by atoms with van der Waals surface area (Å²) in [5, 5.41) is 29.9. The van der Waals surface area contributed by atoms with Gasteiger partial charge in [-0.15, -0.1) is 11.3 Å². The summed E-state index contributed by atoms with van der Waals surface area (Å²) >= 11 is 1.46. The van der Waals surface area contributed by atoms with Crippen LogP contribution in [0.2, 0.25) is 0 Å². The van der Waals surface area contributed by atoms with Gasteiger partial charge in [-0.1, -0.05) is 6.07 Å². The topological polar surface area (TPSA) is 69.9 Å². The van der Waals surface area contributed by atoms with Crippen LogP contribution in [0.25, 0.3) is 0 Å². The molecule has 14 heavy (non-hydrogen) atoms. The molecule has 4 nitrogen and oxygen atoms in total. The maximum atomic E-state index is 9.65. The second-order valence-electron chi connectivity index (χ2n) is 3.27. The SMILES string of the molecule is OC[C@H]1O[C@@H](c2cccs2)[C@H](O)[C@@H]1O. The Hall–Kier alpha value is -0.460. The normalized spacial score (nSPS) is 37.6. The maximum Gasteiger partial charge on any atom is 0.121 e. The smallest absolute Gasteiger partial charge is 0.121 e.